The average Bonchev–Trinajstić information content (AvgIpc) is 2.77. The molecule has 148 valence electrons. The lowest BCUT2D eigenvalue weighted by molar-refractivity contribution is -0.115. The van der Waals surface area contributed by atoms with E-state index in [9.17, 15) is 4.79 Å². The van der Waals surface area contributed by atoms with Crippen molar-refractivity contribution in [3.63, 3.8) is 0 Å². The summed E-state index contributed by atoms with van der Waals surface area (Å²) in [6.45, 7) is 0.742. The topological polar surface area (TPSA) is 47.6 Å². The molecule has 3 aromatic carbocycles. The predicted molar refractivity (Wildman–Crippen MR) is 117 cm³/mol. The fourth-order valence-electron chi connectivity index (χ4n) is 2.72. The molecule has 0 bridgehead atoms. The number of benzene rings is 3. The van der Waals surface area contributed by atoms with Gasteiger partial charge in [0.15, 0.2) is 0 Å². The lowest BCUT2D eigenvalue weighted by Crippen LogP contribution is -2.28. The number of methoxy groups -OCH3 is 1. The molecule has 0 spiro atoms. The molecule has 0 aromatic heterocycles. The van der Waals surface area contributed by atoms with Gasteiger partial charge in [0.2, 0.25) is 0 Å². The molecule has 0 unspecified atom stereocenters. The van der Waals surface area contributed by atoms with Gasteiger partial charge in [-0.2, -0.15) is 0 Å². The van der Waals surface area contributed by atoms with Crippen LogP contribution in [0.3, 0.4) is 0 Å². The Morgan fingerprint density at radius 3 is 2.24 bits per heavy atom. The number of amides is 1. The minimum Gasteiger partial charge on any atom is -0.497 e. The Labute approximate surface area is 175 Å². The summed E-state index contributed by atoms with van der Waals surface area (Å²) in [4.78, 5) is 12.9. The molecule has 0 saturated carbocycles. The normalized spacial score (nSPS) is 11.0. The molecule has 0 aliphatic carbocycles. The van der Waals surface area contributed by atoms with E-state index in [4.69, 9.17) is 21.1 Å². The molecule has 4 nitrogen and oxygen atoms in total. The van der Waals surface area contributed by atoms with E-state index in [1.54, 1.807) is 31.4 Å². The molecular formula is C24H22ClNO3. The van der Waals surface area contributed by atoms with Crippen LogP contribution in [0, 0.1) is 0 Å². The van der Waals surface area contributed by atoms with E-state index in [1.165, 1.54) is 0 Å². The van der Waals surface area contributed by atoms with Gasteiger partial charge in [0.25, 0.3) is 5.91 Å². The van der Waals surface area contributed by atoms with Crippen LogP contribution in [0.25, 0.3) is 11.6 Å². The van der Waals surface area contributed by atoms with Gasteiger partial charge >= 0.3 is 0 Å². The van der Waals surface area contributed by atoms with E-state index < -0.39 is 0 Å². The predicted octanol–water partition coefficient (Wildman–Crippen LogP) is 5.08. The van der Waals surface area contributed by atoms with Crippen LogP contribution < -0.4 is 14.8 Å². The summed E-state index contributed by atoms with van der Waals surface area (Å²) in [5.41, 5.74) is 2.35. The highest BCUT2D eigenvalue weighted by Gasteiger charge is 2.12. The maximum Gasteiger partial charge on any atom is 0.252 e. The number of carbonyl (C=O) groups excluding carboxylic acids is 1. The molecule has 0 aliphatic rings. The number of hydrogen-bond donors (Lipinski definition) is 1. The quantitative estimate of drug-likeness (QED) is 0.321. The molecule has 0 atom stereocenters. The van der Waals surface area contributed by atoms with Crippen LogP contribution in [-0.4, -0.2) is 26.2 Å². The van der Waals surface area contributed by atoms with E-state index in [2.05, 4.69) is 5.32 Å². The van der Waals surface area contributed by atoms with E-state index in [-0.39, 0.29) is 5.91 Å². The molecule has 0 fully saturated rings. The van der Waals surface area contributed by atoms with Gasteiger partial charge in [0, 0.05) is 10.6 Å². The molecule has 1 amide bonds. The Balaban J connectivity index is 1.67. The fourth-order valence-corrected chi connectivity index (χ4v) is 2.85. The van der Waals surface area contributed by atoms with Gasteiger partial charge < -0.3 is 14.8 Å². The van der Waals surface area contributed by atoms with Crippen LogP contribution >= 0.6 is 11.6 Å². The minimum atomic E-state index is -0.160. The number of halogens is 1. The molecule has 0 heterocycles. The average molecular weight is 408 g/mol. The van der Waals surface area contributed by atoms with Crippen LogP contribution in [0.4, 0.5) is 0 Å². The third-order valence-corrected chi connectivity index (χ3v) is 4.48. The van der Waals surface area contributed by atoms with Crippen LogP contribution in [0.5, 0.6) is 11.5 Å². The maximum atomic E-state index is 12.9. The first kappa shape index (κ1) is 20.5. The van der Waals surface area contributed by atoms with Crippen LogP contribution in [-0.2, 0) is 4.79 Å². The minimum absolute atomic E-state index is 0.160. The van der Waals surface area contributed by atoms with Crippen molar-refractivity contribution in [1.82, 2.24) is 5.32 Å². The molecule has 1 N–H and O–H groups in total. The number of ether oxygens (including phenoxy) is 2. The second-order valence-electron chi connectivity index (χ2n) is 6.26. The lowest BCUT2D eigenvalue weighted by Gasteiger charge is -2.11. The van der Waals surface area contributed by atoms with Gasteiger partial charge in [-0.1, -0.05) is 54.1 Å². The summed E-state index contributed by atoms with van der Waals surface area (Å²) >= 11 is 5.87. The summed E-state index contributed by atoms with van der Waals surface area (Å²) in [6.07, 6.45) is 1.87. The molecule has 0 saturated heterocycles. The highest BCUT2D eigenvalue weighted by atomic mass is 35.5. The van der Waals surface area contributed by atoms with Crippen molar-refractivity contribution in [2.24, 2.45) is 0 Å². The summed E-state index contributed by atoms with van der Waals surface area (Å²) in [7, 11) is 1.62. The third-order valence-electron chi connectivity index (χ3n) is 4.23. The van der Waals surface area contributed by atoms with E-state index in [1.807, 2.05) is 60.7 Å². The Kier molecular flexibility index (Phi) is 7.31. The first-order valence-electron chi connectivity index (χ1n) is 9.23. The van der Waals surface area contributed by atoms with Crippen molar-refractivity contribution >= 4 is 29.2 Å². The monoisotopic (exact) mass is 407 g/mol. The SMILES string of the molecule is COc1ccc(/C=C(/C(=O)NCCOc2ccc(Cl)cc2)c2ccccc2)cc1. The number of nitrogens with one attached hydrogen (secondary N) is 1. The Bertz CT molecular complexity index is 952. The zero-order valence-electron chi connectivity index (χ0n) is 16.1. The van der Waals surface area contributed by atoms with Crippen molar-refractivity contribution in [3.8, 4) is 11.5 Å². The molecule has 3 aromatic rings. The zero-order valence-corrected chi connectivity index (χ0v) is 16.9. The van der Waals surface area contributed by atoms with Crippen molar-refractivity contribution < 1.29 is 14.3 Å². The second kappa shape index (κ2) is 10.3. The van der Waals surface area contributed by atoms with Crippen LogP contribution in [0.2, 0.25) is 5.02 Å². The fraction of sp³-hybridized carbons (Fsp3) is 0.125. The van der Waals surface area contributed by atoms with E-state index in [0.717, 1.165) is 16.9 Å². The highest BCUT2D eigenvalue weighted by molar-refractivity contribution is 6.30. The zero-order chi connectivity index (χ0) is 20.5. The van der Waals surface area contributed by atoms with Gasteiger partial charge in [-0.05, 0) is 53.6 Å². The summed E-state index contributed by atoms with van der Waals surface area (Å²) in [6, 6.07) is 24.3. The first-order valence-corrected chi connectivity index (χ1v) is 9.61. The van der Waals surface area contributed by atoms with Crippen molar-refractivity contribution in [3.05, 3.63) is 95.0 Å². The molecule has 0 radical (unpaired) electrons. The molecule has 0 aliphatic heterocycles. The Morgan fingerprint density at radius 1 is 0.931 bits per heavy atom. The summed E-state index contributed by atoms with van der Waals surface area (Å²) < 4.78 is 10.8. The van der Waals surface area contributed by atoms with Crippen LogP contribution in [0.1, 0.15) is 11.1 Å². The van der Waals surface area contributed by atoms with Gasteiger partial charge in [-0.25, -0.2) is 0 Å². The largest absolute Gasteiger partial charge is 0.497 e. The summed E-state index contributed by atoms with van der Waals surface area (Å²) in [5.74, 6) is 1.32. The summed E-state index contributed by atoms with van der Waals surface area (Å²) in [5, 5.41) is 3.58. The lowest BCUT2D eigenvalue weighted by atomic mass is 10.0. The van der Waals surface area contributed by atoms with Crippen molar-refractivity contribution in [2.45, 2.75) is 0 Å². The smallest absolute Gasteiger partial charge is 0.252 e. The Morgan fingerprint density at radius 2 is 1.59 bits per heavy atom. The van der Waals surface area contributed by atoms with Gasteiger partial charge in [-0.15, -0.1) is 0 Å². The van der Waals surface area contributed by atoms with E-state index in [0.29, 0.717) is 29.5 Å². The van der Waals surface area contributed by atoms with Gasteiger partial charge in [-0.3, -0.25) is 4.79 Å². The standard InChI is InChI=1S/C24H22ClNO3/c1-28-21-11-7-18(8-12-21)17-23(19-5-3-2-4-6-19)24(27)26-15-16-29-22-13-9-20(25)10-14-22/h2-14,17H,15-16H2,1H3,(H,26,27)/b23-17+. The van der Waals surface area contributed by atoms with Gasteiger partial charge in [0.05, 0.1) is 13.7 Å². The first-order chi connectivity index (χ1) is 14.2. The molecule has 29 heavy (non-hydrogen) atoms. The van der Waals surface area contributed by atoms with Gasteiger partial charge in [0.1, 0.15) is 18.1 Å². The second-order valence-corrected chi connectivity index (χ2v) is 6.69. The highest BCUT2D eigenvalue weighted by Crippen LogP contribution is 2.20. The van der Waals surface area contributed by atoms with Crippen molar-refractivity contribution in [1.29, 1.82) is 0 Å². The number of rotatable bonds is 8. The maximum absolute atomic E-state index is 12.9. The number of carbonyl (C=O) groups is 1. The number of hydrogen-bond acceptors (Lipinski definition) is 3. The van der Waals surface area contributed by atoms with E-state index >= 15 is 0 Å². The van der Waals surface area contributed by atoms with Crippen LogP contribution in [0.15, 0.2) is 78.9 Å². The molecular weight excluding hydrogens is 386 g/mol. The molecule has 3 rings (SSSR count). The van der Waals surface area contributed by atoms with Crippen molar-refractivity contribution in [2.75, 3.05) is 20.3 Å². The third kappa shape index (κ3) is 6.13. The molecule has 5 heteroatoms. The Hall–Kier alpha value is -3.24.